The Labute approximate surface area is 118 Å². The first-order valence-electron chi connectivity index (χ1n) is 6.15. The van der Waals surface area contributed by atoms with E-state index in [1.54, 1.807) is 24.3 Å². The van der Waals surface area contributed by atoms with Crippen LogP contribution in [0.4, 0.5) is 5.69 Å². The third-order valence-corrected chi connectivity index (χ3v) is 5.05. The summed E-state index contributed by atoms with van der Waals surface area (Å²) < 4.78 is 28.2. The topological polar surface area (TPSA) is 69.6 Å². The summed E-state index contributed by atoms with van der Waals surface area (Å²) in [6.45, 7) is 1.00. The number of aliphatic hydroxyl groups is 1. The van der Waals surface area contributed by atoms with Crippen molar-refractivity contribution in [1.82, 2.24) is 4.31 Å². The van der Waals surface area contributed by atoms with E-state index in [1.807, 2.05) is 0 Å². The van der Waals surface area contributed by atoms with Crippen LogP contribution in [0.25, 0.3) is 0 Å². The lowest BCUT2D eigenvalue weighted by molar-refractivity contribution is 0.170. The Hall–Kier alpha value is -0.820. The third-order valence-electron chi connectivity index (χ3n) is 3.26. The molecule has 19 heavy (non-hydrogen) atoms. The molecule has 1 heterocycles. The molecule has 0 aliphatic carbocycles. The van der Waals surface area contributed by atoms with E-state index in [0.717, 1.165) is 0 Å². The van der Waals surface area contributed by atoms with Crippen molar-refractivity contribution in [2.24, 2.45) is 5.92 Å². The van der Waals surface area contributed by atoms with Gasteiger partial charge in [-0.05, 0) is 43.0 Å². The predicted molar refractivity (Wildman–Crippen MR) is 75.4 cm³/mol. The molecule has 106 valence electrons. The number of piperidine rings is 1. The lowest BCUT2D eigenvalue weighted by Crippen LogP contribution is -2.42. The molecule has 1 aromatic rings. The minimum Gasteiger partial charge on any atom is -0.396 e. The summed E-state index contributed by atoms with van der Waals surface area (Å²) in [7, 11) is -3.52. The zero-order valence-electron chi connectivity index (χ0n) is 10.4. The summed E-state index contributed by atoms with van der Waals surface area (Å²) >= 11 is 5.75. The van der Waals surface area contributed by atoms with Crippen molar-refractivity contribution in [1.29, 1.82) is 0 Å². The summed E-state index contributed by atoms with van der Waals surface area (Å²) in [4.78, 5) is 0. The Balaban J connectivity index is 2.01. The summed E-state index contributed by atoms with van der Waals surface area (Å²) in [6.07, 6.45) is 1.38. The SMILES string of the molecule is O=S(=O)(Nc1ccc(Cl)cc1)N1CCC(CO)CC1. The number of anilines is 1. The fraction of sp³-hybridized carbons (Fsp3) is 0.500. The van der Waals surface area contributed by atoms with Gasteiger partial charge in [-0.25, -0.2) is 0 Å². The van der Waals surface area contributed by atoms with Crippen molar-refractivity contribution < 1.29 is 13.5 Å². The van der Waals surface area contributed by atoms with E-state index in [2.05, 4.69) is 4.72 Å². The molecule has 0 aromatic heterocycles. The van der Waals surface area contributed by atoms with E-state index in [1.165, 1.54) is 4.31 Å². The smallest absolute Gasteiger partial charge is 0.301 e. The van der Waals surface area contributed by atoms with Crippen LogP contribution >= 0.6 is 11.6 Å². The summed E-state index contributed by atoms with van der Waals surface area (Å²) in [5.74, 6) is 0.210. The molecule has 0 unspecified atom stereocenters. The molecule has 0 saturated carbocycles. The number of hydrogen-bond donors (Lipinski definition) is 2. The van der Waals surface area contributed by atoms with Crippen LogP contribution in [0.1, 0.15) is 12.8 Å². The van der Waals surface area contributed by atoms with Crippen LogP contribution in [0.5, 0.6) is 0 Å². The molecule has 2 rings (SSSR count). The molecule has 7 heteroatoms. The van der Waals surface area contributed by atoms with Gasteiger partial charge in [-0.1, -0.05) is 11.6 Å². The zero-order chi connectivity index (χ0) is 13.9. The fourth-order valence-electron chi connectivity index (χ4n) is 2.06. The Bertz CT molecular complexity index is 510. The van der Waals surface area contributed by atoms with Gasteiger partial charge in [0.25, 0.3) is 0 Å². The second-order valence-corrected chi connectivity index (χ2v) is 6.75. The third kappa shape index (κ3) is 3.82. The van der Waals surface area contributed by atoms with Gasteiger partial charge in [0.05, 0.1) is 0 Å². The van der Waals surface area contributed by atoms with E-state index >= 15 is 0 Å². The first kappa shape index (κ1) is 14.6. The van der Waals surface area contributed by atoms with Gasteiger partial charge >= 0.3 is 10.2 Å². The molecule has 0 radical (unpaired) electrons. The lowest BCUT2D eigenvalue weighted by Gasteiger charge is -2.30. The maximum absolute atomic E-state index is 12.2. The number of aliphatic hydroxyl groups excluding tert-OH is 1. The van der Waals surface area contributed by atoms with Crippen LogP contribution in [0.15, 0.2) is 24.3 Å². The van der Waals surface area contributed by atoms with Crippen LogP contribution in [0.3, 0.4) is 0 Å². The molecule has 0 amide bonds. The number of nitrogens with one attached hydrogen (secondary N) is 1. The van der Waals surface area contributed by atoms with Gasteiger partial charge in [-0.2, -0.15) is 12.7 Å². The van der Waals surface area contributed by atoms with Crippen molar-refractivity contribution in [2.75, 3.05) is 24.4 Å². The van der Waals surface area contributed by atoms with E-state index in [9.17, 15) is 8.42 Å². The Kier molecular flexibility index (Phi) is 4.67. The van der Waals surface area contributed by atoms with Gasteiger partial charge in [0.2, 0.25) is 0 Å². The highest BCUT2D eigenvalue weighted by Crippen LogP contribution is 2.21. The second-order valence-electron chi connectivity index (χ2n) is 4.64. The minimum absolute atomic E-state index is 0.124. The van der Waals surface area contributed by atoms with Crippen molar-refractivity contribution in [3.63, 3.8) is 0 Å². The molecular weight excluding hydrogens is 288 g/mol. The Morgan fingerprint density at radius 2 is 1.84 bits per heavy atom. The van der Waals surface area contributed by atoms with Crippen LogP contribution in [0, 0.1) is 5.92 Å². The van der Waals surface area contributed by atoms with Crippen molar-refractivity contribution >= 4 is 27.5 Å². The molecule has 1 saturated heterocycles. The van der Waals surface area contributed by atoms with E-state index in [-0.39, 0.29) is 12.5 Å². The summed E-state index contributed by atoms with van der Waals surface area (Å²) in [6, 6.07) is 6.52. The van der Waals surface area contributed by atoms with Crippen molar-refractivity contribution in [3.05, 3.63) is 29.3 Å². The zero-order valence-corrected chi connectivity index (χ0v) is 12.0. The normalized spacial score (nSPS) is 18.4. The maximum atomic E-state index is 12.2. The summed E-state index contributed by atoms with van der Waals surface area (Å²) in [5, 5.41) is 9.61. The van der Waals surface area contributed by atoms with Gasteiger partial charge in [0.15, 0.2) is 0 Å². The number of halogens is 1. The quantitative estimate of drug-likeness (QED) is 0.889. The van der Waals surface area contributed by atoms with Crippen LogP contribution in [-0.2, 0) is 10.2 Å². The average Bonchev–Trinajstić information content (AvgIpc) is 2.41. The molecule has 0 atom stereocenters. The molecule has 1 aromatic carbocycles. The van der Waals surface area contributed by atoms with E-state index < -0.39 is 10.2 Å². The molecule has 1 aliphatic heterocycles. The molecule has 1 fully saturated rings. The molecular formula is C12H17ClN2O3S. The van der Waals surface area contributed by atoms with Crippen molar-refractivity contribution in [2.45, 2.75) is 12.8 Å². The maximum Gasteiger partial charge on any atom is 0.301 e. The van der Waals surface area contributed by atoms with Gasteiger partial charge in [0.1, 0.15) is 0 Å². The van der Waals surface area contributed by atoms with Gasteiger partial charge in [-0.15, -0.1) is 0 Å². The van der Waals surface area contributed by atoms with Gasteiger partial charge in [-0.3, -0.25) is 4.72 Å². The van der Waals surface area contributed by atoms with Gasteiger partial charge in [0, 0.05) is 30.4 Å². The second kappa shape index (κ2) is 6.09. The van der Waals surface area contributed by atoms with Crippen molar-refractivity contribution in [3.8, 4) is 0 Å². The van der Waals surface area contributed by atoms with Crippen LogP contribution in [0.2, 0.25) is 5.02 Å². The molecule has 2 N–H and O–H groups in total. The van der Waals surface area contributed by atoms with Crippen LogP contribution in [-0.4, -0.2) is 37.5 Å². The molecule has 5 nitrogen and oxygen atoms in total. The Morgan fingerprint density at radius 3 is 2.37 bits per heavy atom. The fourth-order valence-corrected chi connectivity index (χ4v) is 3.44. The monoisotopic (exact) mass is 304 g/mol. The molecule has 0 bridgehead atoms. The van der Waals surface area contributed by atoms with Crippen LogP contribution < -0.4 is 4.72 Å². The first-order valence-corrected chi connectivity index (χ1v) is 7.97. The first-order chi connectivity index (χ1) is 9.01. The molecule has 0 spiro atoms. The number of hydrogen-bond acceptors (Lipinski definition) is 3. The summed E-state index contributed by atoms with van der Waals surface area (Å²) in [5.41, 5.74) is 0.494. The van der Waals surface area contributed by atoms with E-state index in [4.69, 9.17) is 16.7 Å². The lowest BCUT2D eigenvalue weighted by atomic mass is 10.00. The highest BCUT2D eigenvalue weighted by Gasteiger charge is 2.27. The number of rotatable bonds is 4. The Morgan fingerprint density at radius 1 is 1.26 bits per heavy atom. The minimum atomic E-state index is -3.52. The van der Waals surface area contributed by atoms with E-state index in [0.29, 0.717) is 36.6 Å². The number of nitrogens with zero attached hydrogens (tertiary/aromatic N) is 1. The standard InChI is InChI=1S/C12H17ClN2O3S/c13-11-1-3-12(4-2-11)14-19(17,18)15-7-5-10(9-16)6-8-15/h1-4,10,14,16H,5-9H2. The highest BCUT2D eigenvalue weighted by atomic mass is 35.5. The largest absolute Gasteiger partial charge is 0.396 e. The number of benzene rings is 1. The predicted octanol–water partition coefficient (Wildman–Crippen LogP) is 1.70. The van der Waals surface area contributed by atoms with Gasteiger partial charge < -0.3 is 5.11 Å². The molecule has 1 aliphatic rings. The average molecular weight is 305 g/mol. The highest BCUT2D eigenvalue weighted by molar-refractivity contribution is 7.90.